The third-order valence-electron chi connectivity index (χ3n) is 10.3. The normalized spacial score (nSPS) is 20.0. The highest BCUT2D eigenvalue weighted by atomic mass is 19.1. The Hall–Kier alpha value is -4.82. The topological polar surface area (TPSA) is 114 Å². The summed E-state index contributed by atoms with van der Waals surface area (Å²) in [6.07, 6.45) is 5.22. The van der Waals surface area contributed by atoms with Crippen molar-refractivity contribution in [2.24, 2.45) is 0 Å². The van der Waals surface area contributed by atoms with Gasteiger partial charge < -0.3 is 38.3 Å². The lowest BCUT2D eigenvalue weighted by atomic mass is 10.1. The van der Waals surface area contributed by atoms with Gasteiger partial charge in [-0.3, -0.25) is 9.59 Å². The van der Waals surface area contributed by atoms with Gasteiger partial charge in [0.15, 0.2) is 11.6 Å². The Morgan fingerprint density at radius 1 is 0.816 bits per heavy atom. The molecule has 1 N–H and O–H groups in total. The van der Waals surface area contributed by atoms with Gasteiger partial charge >= 0.3 is 0 Å². The zero-order valence-corrected chi connectivity index (χ0v) is 27.3. The van der Waals surface area contributed by atoms with Crippen LogP contribution in [0, 0.1) is 11.6 Å². The molecule has 3 aliphatic heterocycles. The van der Waals surface area contributed by atoms with E-state index in [-0.39, 0.29) is 52.4 Å². The molecule has 4 aliphatic rings. The number of rotatable bonds is 5. The molecule has 254 valence electrons. The van der Waals surface area contributed by atoms with Crippen molar-refractivity contribution >= 4 is 33.2 Å². The van der Waals surface area contributed by atoms with E-state index in [4.69, 9.17) is 9.15 Å². The van der Waals surface area contributed by atoms with Crippen LogP contribution in [0.3, 0.4) is 0 Å². The molecule has 0 radical (unpaired) electrons. The van der Waals surface area contributed by atoms with Gasteiger partial charge in [0.1, 0.15) is 29.2 Å². The Bertz CT molecular complexity index is 2260. The number of hydrogen-bond acceptors (Lipinski definition) is 10. The van der Waals surface area contributed by atoms with E-state index in [0.29, 0.717) is 54.3 Å². The molecule has 1 saturated carbocycles. The Labute approximate surface area is 279 Å². The Kier molecular flexibility index (Phi) is 7.02. The van der Waals surface area contributed by atoms with Crippen molar-refractivity contribution in [3.05, 3.63) is 62.7 Å². The molecule has 0 spiro atoms. The smallest absolute Gasteiger partial charge is 0.253 e. The van der Waals surface area contributed by atoms with Crippen LogP contribution < -0.4 is 30.7 Å². The highest BCUT2D eigenvalue weighted by molar-refractivity contribution is 5.94. The number of aromatic nitrogens is 4. The van der Waals surface area contributed by atoms with Gasteiger partial charge in [0, 0.05) is 76.2 Å². The van der Waals surface area contributed by atoms with Crippen molar-refractivity contribution in [1.82, 2.24) is 29.5 Å². The summed E-state index contributed by atoms with van der Waals surface area (Å²) in [6, 6.07) is 4.34. The van der Waals surface area contributed by atoms with Crippen LogP contribution in [0.4, 0.5) is 20.2 Å². The minimum atomic E-state index is -0.530. The number of nitrogens with one attached hydrogen (secondary N) is 1. The minimum absolute atomic E-state index is 0.0744. The molecule has 3 fully saturated rings. The number of hydrogen-bond donors (Lipinski definition) is 1. The van der Waals surface area contributed by atoms with Crippen molar-refractivity contribution in [2.45, 2.75) is 31.8 Å². The number of likely N-dealkylation sites (N-methyl/N-ethyl adjacent to an activating group) is 1. The second-order valence-corrected chi connectivity index (χ2v) is 13.6. The van der Waals surface area contributed by atoms with Gasteiger partial charge in [0.2, 0.25) is 10.9 Å². The maximum atomic E-state index is 15.9. The fraction of sp³-hybridized carbons (Fsp3) is 0.429. The van der Waals surface area contributed by atoms with Gasteiger partial charge in [-0.25, -0.2) is 8.78 Å². The van der Waals surface area contributed by atoms with Crippen molar-refractivity contribution < 1.29 is 17.9 Å². The number of nitrogens with zero attached hydrogens (tertiary/aromatic N) is 7. The van der Waals surface area contributed by atoms with Crippen LogP contribution in [0.25, 0.3) is 44.7 Å². The van der Waals surface area contributed by atoms with E-state index >= 15 is 8.78 Å². The van der Waals surface area contributed by atoms with Crippen LogP contribution in [-0.2, 0) is 0 Å². The summed E-state index contributed by atoms with van der Waals surface area (Å²) in [5.74, 6) is -0.799. The number of pyridine rings is 2. The number of halogens is 2. The lowest BCUT2D eigenvalue weighted by molar-refractivity contribution is 0.245. The van der Waals surface area contributed by atoms with Crippen LogP contribution in [0.5, 0.6) is 5.75 Å². The summed E-state index contributed by atoms with van der Waals surface area (Å²) in [5.41, 5.74) is 1.32. The molecule has 1 atom stereocenters. The van der Waals surface area contributed by atoms with Gasteiger partial charge in [0.25, 0.3) is 11.8 Å². The highest BCUT2D eigenvalue weighted by Gasteiger charge is 2.32. The third-order valence-corrected chi connectivity index (χ3v) is 10.3. The molecule has 2 aromatic carbocycles. The van der Waals surface area contributed by atoms with Gasteiger partial charge in [-0.2, -0.15) is 0 Å². The molecule has 12 nitrogen and oxygen atoms in total. The number of piperazine rings is 2. The molecule has 2 saturated heterocycles. The standard InChI is InChI=1S/C35H36F2N8O4/c1-19-18-48-33-29-22(14-26(37)30(33)43-11-9-41(2)10-12-43)32(47)23(16-44(19)29)34-39-40-35(49-34)24-17-45(20-3-4-20)27-15-28(42-7-5-38-6-8-42)25(36)13-21(27)31(24)46/h13-17,19-20,38H,3-12,18H2,1-2H3. The van der Waals surface area contributed by atoms with Crippen molar-refractivity contribution in [3.63, 3.8) is 0 Å². The van der Waals surface area contributed by atoms with Crippen molar-refractivity contribution in [2.75, 3.05) is 75.8 Å². The van der Waals surface area contributed by atoms with Crippen molar-refractivity contribution in [1.29, 1.82) is 0 Å². The first kappa shape index (κ1) is 30.3. The van der Waals surface area contributed by atoms with Crippen LogP contribution >= 0.6 is 0 Å². The maximum absolute atomic E-state index is 15.9. The van der Waals surface area contributed by atoms with Crippen LogP contribution in [-0.4, -0.2) is 90.2 Å². The van der Waals surface area contributed by atoms with Gasteiger partial charge in [-0.1, -0.05) is 0 Å². The molecular formula is C35H36F2N8O4. The number of benzene rings is 2. The number of ether oxygens (including phenoxy) is 1. The molecule has 1 unspecified atom stereocenters. The van der Waals surface area contributed by atoms with E-state index in [0.717, 1.165) is 39.0 Å². The Morgan fingerprint density at radius 2 is 1.47 bits per heavy atom. The number of fused-ring (bicyclic) bond motifs is 1. The second kappa shape index (κ2) is 11.4. The van der Waals surface area contributed by atoms with Crippen LogP contribution in [0.15, 0.2) is 44.6 Å². The minimum Gasteiger partial charge on any atom is -0.487 e. The Balaban J connectivity index is 1.15. The lowest BCUT2D eigenvalue weighted by Gasteiger charge is -2.37. The molecule has 9 rings (SSSR count). The van der Waals surface area contributed by atoms with Crippen LogP contribution in [0.1, 0.15) is 31.8 Å². The molecule has 3 aromatic heterocycles. The van der Waals surface area contributed by atoms with E-state index < -0.39 is 22.5 Å². The monoisotopic (exact) mass is 670 g/mol. The largest absolute Gasteiger partial charge is 0.487 e. The second-order valence-electron chi connectivity index (χ2n) is 13.6. The van der Waals surface area contributed by atoms with Crippen LogP contribution in [0.2, 0.25) is 0 Å². The van der Waals surface area contributed by atoms with E-state index in [2.05, 4.69) is 20.4 Å². The van der Waals surface area contributed by atoms with Crippen molar-refractivity contribution in [3.8, 4) is 28.7 Å². The summed E-state index contributed by atoms with van der Waals surface area (Å²) in [5, 5.41) is 12.0. The fourth-order valence-corrected chi connectivity index (χ4v) is 7.44. The maximum Gasteiger partial charge on any atom is 0.253 e. The predicted molar refractivity (Wildman–Crippen MR) is 182 cm³/mol. The zero-order valence-electron chi connectivity index (χ0n) is 27.3. The summed E-state index contributed by atoms with van der Waals surface area (Å²) in [6.45, 7) is 7.95. The molecular weight excluding hydrogens is 634 g/mol. The molecule has 49 heavy (non-hydrogen) atoms. The first-order valence-corrected chi connectivity index (χ1v) is 16.9. The SMILES string of the molecule is CC1COc2c(N3CCN(C)CC3)c(F)cc3c(=O)c(-c4nnc(-c5cn(C6CC6)c6cc(N7CCNCC7)c(F)cc6c5=O)o4)cn1c23. The summed E-state index contributed by atoms with van der Waals surface area (Å²) in [7, 11) is 2.03. The lowest BCUT2D eigenvalue weighted by Crippen LogP contribution is -2.45. The highest BCUT2D eigenvalue weighted by Crippen LogP contribution is 2.43. The summed E-state index contributed by atoms with van der Waals surface area (Å²) < 4.78 is 47.5. The van der Waals surface area contributed by atoms with E-state index in [1.54, 1.807) is 18.5 Å². The zero-order chi connectivity index (χ0) is 33.6. The molecule has 0 bridgehead atoms. The molecule has 0 amide bonds. The van der Waals surface area contributed by atoms with Gasteiger partial charge in [-0.15, -0.1) is 10.2 Å². The molecule has 14 heteroatoms. The van der Waals surface area contributed by atoms with E-state index in [9.17, 15) is 9.59 Å². The summed E-state index contributed by atoms with van der Waals surface area (Å²) >= 11 is 0. The molecule has 1 aliphatic carbocycles. The first-order chi connectivity index (χ1) is 23.8. The van der Waals surface area contributed by atoms with Gasteiger partial charge in [-0.05, 0) is 45.0 Å². The third kappa shape index (κ3) is 4.91. The Morgan fingerprint density at radius 3 is 2.16 bits per heavy atom. The van der Waals surface area contributed by atoms with Gasteiger partial charge in [0.05, 0.1) is 28.1 Å². The van der Waals surface area contributed by atoms with E-state index in [1.165, 1.54) is 12.1 Å². The predicted octanol–water partition coefficient (Wildman–Crippen LogP) is 3.76. The average molecular weight is 671 g/mol. The quantitative estimate of drug-likeness (QED) is 0.297. The molecule has 6 heterocycles. The summed E-state index contributed by atoms with van der Waals surface area (Å²) in [4.78, 5) is 34.1. The molecule has 5 aromatic rings. The first-order valence-electron chi connectivity index (χ1n) is 16.9. The fourth-order valence-electron chi connectivity index (χ4n) is 7.44. The van der Waals surface area contributed by atoms with E-state index in [1.807, 2.05) is 32.9 Å². The number of anilines is 2. The average Bonchev–Trinajstić information content (AvgIpc) is 3.84.